The first-order chi connectivity index (χ1) is 6.63. The molecule has 0 aromatic heterocycles. The van der Waals surface area contributed by atoms with Crippen molar-refractivity contribution in [2.75, 3.05) is 20.1 Å². The predicted octanol–water partition coefficient (Wildman–Crippen LogP) is 0.953. The van der Waals surface area contributed by atoms with Crippen LogP contribution in [-0.4, -0.2) is 42.2 Å². The molecule has 0 saturated carbocycles. The molecule has 0 amide bonds. The van der Waals surface area contributed by atoms with Crippen LogP contribution in [0, 0.1) is 0 Å². The highest BCUT2D eigenvalue weighted by molar-refractivity contribution is 7.80. The third kappa shape index (κ3) is 3.42. The van der Waals surface area contributed by atoms with E-state index in [0.717, 1.165) is 18.2 Å². The molecule has 0 unspecified atom stereocenters. The fraction of sp³-hybridized carbons (Fsp3) is 0.900. The minimum Gasteiger partial charge on any atom is -0.360 e. The van der Waals surface area contributed by atoms with Crippen LogP contribution in [-0.2, 0) is 0 Å². The van der Waals surface area contributed by atoms with E-state index in [2.05, 4.69) is 29.4 Å². The van der Waals surface area contributed by atoms with E-state index in [0.29, 0.717) is 12.1 Å². The maximum Gasteiger partial charge on any atom is 0.169 e. The van der Waals surface area contributed by atoms with Gasteiger partial charge in [0.25, 0.3) is 0 Å². The minimum atomic E-state index is 0.435. The Balaban J connectivity index is 2.30. The summed E-state index contributed by atoms with van der Waals surface area (Å²) in [4.78, 5) is 2.27. The van der Waals surface area contributed by atoms with Crippen LogP contribution in [0.2, 0.25) is 0 Å². The molecule has 0 aliphatic carbocycles. The molecule has 1 fully saturated rings. The average molecular weight is 215 g/mol. The van der Waals surface area contributed by atoms with E-state index in [-0.39, 0.29) is 0 Å². The zero-order valence-electron chi connectivity index (χ0n) is 9.34. The second kappa shape index (κ2) is 5.51. The zero-order chi connectivity index (χ0) is 10.6. The topological polar surface area (TPSA) is 27.3 Å². The van der Waals surface area contributed by atoms with Gasteiger partial charge in [-0.2, -0.15) is 0 Å². The van der Waals surface area contributed by atoms with Crippen molar-refractivity contribution in [3.63, 3.8) is 0 Å². The molecular formula is C10H21N3S. The van der Waals surface area contributed by atoms with E-state index >= 15 is 0 Å². The molecule has 1 saturated heterocycles. The van der Waals surface area contributed by atoms with Gasteiger partial charge in [-0.1, -0.05) is 0 Å². The quantitative estimate of drug-likeness (QED) is 0.671. The molecule has 1 heterocycles. The summed E-state index contributed by atoms with van der Waals surface area (Å²) in [5.74, 6) is 0. The number of rotatable bonds is 2. The third-order valence-corrected chi connectivity index (χ3v) is 2.98. The van der Waals surface area contributed by atoms with Gasteiger partial charge in [0.15, 0.2) is 5.11 Å². The molecule has 1 aliphatic rings. The number of nitrogens with zero attached hydrogens (tertiary/aromatic N) is 1. The number of piperidine rings is 1. The highest BCUT2D eigenvalue weighted by Crippen LogP contribution is 2.09. The Morgan fingerprint density at radius 2 is 1.93 bits per heavy atom. The summed E-state index contributed by atoms with van der Waals surface area (Å²) in [5, 5.41) is 7.51. The van der Waals surface area contributed by atoms with Gasteiger partial charge in [0.1, 0.15) is 0 Å². The molecule has 2 N–H and O–H groups in total. The van der Waals surface area contributed by atoms with E-state index in [1.807, 2.05) is 7.05 Å². The molecule has 4 heteroatoms. The van der Waals surface area contributed by atoms with Crippen LogP contribution in [0.25, 0.3) is 0 Å². The molecule has 14 heavy (non-hydrogen) atoms. The summed E-state index contributed by atoms with van der Waals surface area (Å²) in [5.41, 5.74) is 0. The molecule has 0 bridgehead atoms. The van der Waals surface area contributed by atoms with Crippen LogP contribution in [0.15, 0.2) is 0 Å². The number of hydrogen-bond acceptors (Lipinski definition) is 2. The molecule has 0 aromatic rings. The van der Waals surface area contributed by atoms with Crippen LogP contribution in [0.4, 0.5) is 0 Å². The largest absolute Gasteiger partial charge is 0.360 e. The maximum atomic E-state index is 5.32. The first kappa shape index (κ1) is 11.7. The van der Waals surface area contributed by atoms with E-state index in [9.17, 15) is 0 Å². The normalized spacial score (nSPS) is 18.7. The number of nitrogens with one attached hydrogen (secondary N) is 2. The number of likely N-dealkylation sites (tertiary alicyclic amines) is 1. The summed E-state index contributed by atoms with van der Waals surface area (Å²) in [7, 11) is 2.03. The van der Waals surface area contributed by atoms with Crippen molar-refractivity contribution >= 4 is 17.3 Å². The van der Waals surface area contributed by atoms with Gasteiger partial charge in [-0.25, -0.2) is 0 Å². The SMILES string of the molecule is CNC1CCN(C(=S)NC(C)C)CC1. The molecule has 0 atom stereocenters. The highest BCUT2D eigenvalue weighted by Gasteiger charge is 2.19. The molecule has 3 nitrogen and oxygen atoms in total. The van der Waals surface area contributed by atoms with Crippen LogP contribution in [0.3, 0.4) is 0 Å². The Kier molecular flexibility index (Phi) is 4.62. The highest BCUT2D eigenvalue weighted by atomic mass is 32.1. The molecule has 0 radical (unpaired) electrons. The van der Waals surface area contributed by atoms with Gasteiger partial charge >= 0.3 is 0 Å². The Labute approximate surface area is 92.2 Å². The van der Waals surface area contributed by atoms with E-state index in [1.165, 1.54) is 12.8 Å². The maximum absolute atomic E-state index is 5.32. The van der Waals surface area contributed by atoms with Gasteiger partial charge in [0.2, 0.25) is 0 Å². The van der Waals surface area contributed by atoms with Crippen molar-refractivity contribution in [1.29, 1.82) is 0 Å². The van der Waals surface area contributed by atoms with E-state index < -0.39 is 0 Å². The molecular weight excluding hydrogens is 194 g/mol. The van der Waals surface area contributed by atoms with Gasteiger partial charge < -0.3 is 15.5 Å². The Morgan fingerprint density at radius 1 is 1.36 bits per heavy atom. The first-order valence-corrected chi connectivity index (χ1v) is 5.77. The Morgan fingerprint density at radius 3 is 2.36 bits per heavy atom. The van der Waals surface area contributed by atoms with Gasteiger partial charge in [-0.3, -0.25) is 0 Å². The zero-order valence-corrected chi connectivity index (χ0v) is 10.2. The summed E-state index contributed by atoms with van der Waals surface area (Å²) in [6, 6.07) is 1.11. The van der Waals surface area contributed by atoms with Gasteiger partial charge in [0.05, 0.1) is 0 Å². The van der Waals surface area contributed by atoms with Crippen molar-refractivity contribution in [2.45, 2.75) is 38.8 Å². The van der Waals surface area contributed by atoms with Crippen molar-refractivity contribution in [3.05, 3.63) is 0 Å². The molecule has 1 aliphatic heterocycles. The van der Waals surface area contributed by atoms with Crippen molar-refractivity contribution in [2.24, 2.45) is 0 Å². The van der Waals surface area contributed by atoms with Gasteiger partial charge in [-0.15, -0.1) is 0 Å². The lowest BCUT2D eigenvalue weighted by Crippen LogP contribution is -2.49. The van der Waals surface area contributed by atoms with Crippen LogP contribution in [0.5, 0.6) is 0 Å². The van der Waals surface area contributed by atoms with Crippen LogP contribution < -0.4 is 10.6 Å². The standard InChI is InChI=1S/C10H21N3S/c1-8(2)12-10(14)13-6-4-9(11-3)5-7-13/h8-9,11H,4-7H2,1-3H3,(H,12,14). The summed E-state index contributed by atoms with van der Waals surface area (Å²) < 4.78 is 0. The van der Waals surface area contributed by atoms with Crippen LogP contribution >= 0.6 is 12.2 Å². The lowest BCUT2D eigenvalue weighted by atomic mass is 10.1. The monoisotopic (exact) mass is 215 g/mol. The number of hydrogen-bond donors (Lipinski definition) is 2. The van der Waals surface area contributed by atoms with E-state index in [4.69, 9.17) is 12.2 Å². The minimum absolute atomic E-state index is 0.435. The van der Waals surface area contributed by atoms with Gasteiger partial charge in [-0.05, 0) is 46.0 Å². The number of thiocarbonyl (C=S) groups is 1. The Bertz CT molecular complexity index is 186. The molecule has 0 spiro atoms. The lowest BCUT2D eigenvalue weighted by Gasteiger charge is -2.34. The second-order valence-electron chi connectivity index (χ2n) is 4.15. The van der Waals surface area contributed by atoms with Crippen molar-refractivity contribution < 1.29 is 0 Å². The molecule has 82 valence electrons. The van der Waals surface area contributed by atoms with Crippen LogP contribution in [0.1, 0.15) is 26.7 Å². The predicted molar refractivity (Wildman–Crippen MR) is 64.5 cm³/mol. The Hall–Kier alpha value is -0.350. The average Bonchev–Trinajstić information content (AvgIpc) is 2.17. The lowest BCUT2D eigenvalue weighted by molar-refractivity contribution is 0.287. The summed E-state index contributed by atoms with van der Waals surface area (Å²) in [6.07, 6.45) is 2.38. The summed E-state index contributed by atoms with van der Waals surface area (Å²) >= 11 is 5.32. The fourth-order valence-electron chi connectivity index (χ4n) is 1.71. The smallest absolute Gasteiger partial charge is 0.169 e. The molecule has 1 rings (SSSR count). The van der Waals surface area contributed by atoms with Crippen molar-refractivity contribution in [1.82, 2.24) is 15.5 Å². The van der Waals surface area contributed by atoms with Gasteiger partial charge in [0, 0.05) is 25.2 Å². The first-order valence-electron chi connectivity index (χ1n) is 5.36. The van der Waals surface area contributed by atoms with Crippen molar-refractivity contribution in [3.8, 4) is 0 Å². The third-order valence-electron chi connectivity index (χ3n) is 2.60. The second-order valence-corrected chi connectivity index (χ2v) is 4.54. The summed E-state index contributed by atoms with van der Waals surface area (Å²) in [6.45, 7) is 6.38. The van der Waals surface area contributed by atoms with E-state index in [1.54, 1.807) is 0 Å². The molecule has 0 aromatic carbocycles. The fourth-order valence-corrected chi connectivity index (χ4v) is 2.13.